The summed E-state index contributed by atoms with van der Waals surface area (Å²) < 4.78 is 10.8. The maximum atomic E-state index is 5.51. The highest BCUT2D eigenvalue weighted by molar-refractivity contribution is 5.89. The van der Waals surface area contributed by atoms with Gasteiger partial charge in [-0.3, -0.25) is 0 Å². The summed E-state index contributed by atoms with van der Waals surface area (Å²) in [5.41, 5.74) is 3.46. The third-order valence-electron chi connectivity index (χ3n) is 3.72. The van der Waals surface area contributed by atoms with Crippen LogP contribution in [0.2, 0.25) is 0 Å². The quantitative estimate of drug-likeness (QED) is 0.683. The van der Waals surface area contributed by atoms with E-state index in [-0.39, 0.29) is 0 Å². The molecule has 106 valence electrons. The van der Waals surface area contributed by atoms with Crippen LogP contribution in [0.15, 0.2) is 54.6 Å². The Labute approximate surface area is 124 Å². The smallest absolute Gasteiger partial charge is 0.126 e. The molecule has 0 bridgehead atoms. The van der Waals surface area contributed by atoms with E-state index in [4.69, 9.17) is 9.47 Å². The molecule has 21 heavy (non-hydrogen) atoms. The second kappa shape index (κ2) is 5.49. The predicted octanol–water partition coefficient (Wildman–Crippen LogP) is 4.83. The van der Waals surface area contributed by atoms with Gasteiger partial charge in [-0.25, -0.2) is 0 Å². The van der Waals surface area contributed by atoms with Crippen molar-refractivity contribution in [3.05, 3.63) is 60.2 Å². The van der Waals surface area contributed by atoms with Crippen molar-refractivity contribution in [1.29, 1.82) is 0 Å². The van der Waals surface area contributed by atoms with Gasteiger partial charge in [0.2, 0.25) is 0 Å². The first kappa shape index (κ1) is 13.5. The number of fused-ring (bicyclic) bond motifs is 1. The highest BCUT2D eigenvalue weighted by Gasteiger charge is 2.07. The highest BCUT2D eigenvalue weighted by Crippen LogP contribution is 2.33. The molecule has 0 aromatic heterocycles. The van der Waals surface area contributed by atoms with Crippen LogP contribution in [0, 0.1) is 6.92 Å². The molecule has 2 heteroatoms. The minimum Gasteiger partial charge on any atom is -0.497 e. The number of ether oxygens (including phenoxy) is 2. The van der Waals surface area contributed by atoms with Crippen molar-refractivity contribution in [2.75, 3.05) is 14.2 Å². The van der Waals surface area contributed by atoms with E-state index in [0.717, 1.165) is 22.6 Å². The molecule has 3 rings (SSSR count). The lowest BCUT2D eigenvalue weighted by atomic mass is 9.99. The van der Waals surface area contributed by atoms with Gasteiger partial charge in [0, 0.05) is 5.56 Å². The molecular formula is C19H18O2. The van der Waals surface area contributed by atoms with Crippen molar-refractivity contribution < 1.29 is 9.47 Å². The summed E-state index contributed by atoms with van der Waals surface area (Å²) in [5.74, 6) is 1.78. The monoisotopic (exact) mass is 278 g/mol. The van der Waals surface area contributed by atoms with Crippen LogP contribution < -0.4 is 9.47 Å². The SMILES string of the molecule is COc1ccc2cc(-c3ccc(C)cc3OC)ccc2c1. The van der Waals surface area contributed by atoms with Gasteiger partial charge >= 0.3 is 0 Å². The Morgan fingerprint density at radius 3 is 2.24 bits per heavy atom. The van der Waals surface area contributed by atoms with Gasteiger partial charge in [0.05, 0.1) is 14.2 Å². The average Bonchev–Trinajstić information content (AvgIpc) is 2.53. The summed E-state index contributed by atoms with van der Waals surface area (Å²) in [6.45, 7) is 2.07. The van der Waals surface area contributed by atoms with Crippen LogP contribution >= 0.6 is 0 Å². The summed E-state index contributed by atoms with van der Waals surface area (Å²) in [6, 6.07) is 18.8. The fourth-order valence-corrected chi connectivity index (χ4v) is 2.56. The number of hydrogen-bond donors (Lipinski definition) is 0. The molecule has 3 aromatic carbocycles. The van der Waals surface area contributed by atoms with E-state index < -0.39 is 0 Å². The van der Waals surface area contributed by atoms with Gasteiger partial charge in [-0.1, -0.05) is 30.3 Å². The number of rotatable bonds is 3. The zero-order valence-corrected chi connectivity index (χ0v) is 12.5. The predicted molar refractivity (Wildman–Crippen MR) is 87.2 cm³/mol. The van der Waals surface area contributed by atoms with Gasteiger partial charge < -0.3 is 9.47 Å². The first-order valence-electron chi connectivity index (χ1n) is 6.94. The van der Waals surface area contributed by atoms with Crippen molar-refractivity contribution >= 4 is 10.8 Å². The number of benzene rings is 3. The van der Waals surface area contributed by atoms with Crippen LogP contribution in [0.4, 0.5) is 0 Å². The standard InChI is InChI=1S/C19H18O2/c1-13-4-9-18(19(10-13)21-3)16-6-5-15-12-17(20-2)8-7-14(15)11-16/h4-12H,1-3H3. The van der Waals surface area contributed by atoms with Crippen LogP contribution in [0.1, 0.15) is 5.56 Å². The van der Waals surface area contributed by atoms with E-state index in [9.17, 15) is 0 Å². The first-order valence-corrected chi connectivity index (χ1v) is 6.94. The third kappa shape index (κ3) is 2.57. The van der Waals surface area contributed by atoms with Crippen LogP contribution in [0.25, 0.3) is 21.9 Å². The molecule has 0 fully saturated rings. The van der Waals surface area contributed by atoms with E-state index in [0.29, 0.717) is 0 Å². The Balaban J connectivity index is 2.13. The fourth-order valence-electron chi connectivity index (χ4n) is 2.56. The minimum atomic E-state index is 0.878. The van der Waals surface area contributed by atoms with Crippen molar-refractivity contribution in [2.45, 2.75) is 6.92 Å². The number of aryl methyl sites for hydroxylation is 1. The van der Waals surface area contributed by atoms with E-state index >= 15 is 0 Å². The Kier molecular flexibility index (Phi) is 3.53. The molecule has 0 aliphatic heterocycles. The van der Waals surface area contributed by atoms with Crippen LogP contribution in [0.5, 0.6) is 11.5 Å². The highest BCUT2D eigenvalue weighted by atomic mass is 16.5. The molecule has 0 N–H and O–H groups in total. The summed E-state index contributed by atoms with van der Waals surface area (Å²) in [6.07, 6.45) is 0. The molecule has 0 radical (unpaired) electrons. The summed E-state index contributed by atoms with van der Waals surface area (Å²) in [7, 11) is 3.40. The molecule has 0 aliphatic rings. The van der Waals surface area contributed by atoms with Crippen molar-refractivity contribution in [3.63, 3.8) is 0 Å². The molecule has 0 saturated carbocycles. The number of hydrogen-bond acceptors (Lipinski definition) is 2. The first-order chi connectivity index (χ1) is 10.2. The second-order valence-electron chi connectivity index (χ2n) is 5.13. The van der Waals surface area contributed by atoms with Crippen LogP contribution in [0.3, 0.4) is 0 Å². The van der Waals surface area contributed by atoms with E-state index in [1.807, 2.05) is 12.1 Å². The topological polar surface area (TPSA) is 18.5 Å². The minimum absolute atomic E-state index is 0.878. The molecule has 2 nitrogen and oxygen atoms in total. The van der Waals surface area contributed by atoms with Gasteiger partial charge in [-0.15, -0.1) is 0 Å². The Morgan fingerprint density at radius 1 is 0.714 bits per heavy atom. The normalized spacial score (nSPS) is 10.6. The number of methoxy groups -OCH3 is 2. The zero-order chi connectivity index (χ0) is 14.8. The zero-order valence-electron chi connectivity index (χ0n) is 12.5. The lowest BCUT2D eigenvalue weighted by Crippen LogP contribution is -1.89. The molecule has 0 atom stereocenters. The average molecular weight is 278 g/mol. The van der Waals surface area contributed by atoms with Crippen LogP contribution in [-0.2, 0) is 0 Å². The lowest BCUT2D eigenvalue weighted by molar-refractivity contribution is 0.415. The molecule has 3 aromatic rings. The maximum Gasteiger partial charge on any atom is 0.126 e. The van der Waals surface area contributed by atoms with Gasteiger partial charge in [0.25, 0.3) is 0 Å². The molecule has 0 spiro atoms. The molecular weight excluding hydrogens is 260 g/mol. The van der Waals surface area contributed by atoms with Crippen molar-refractivity contribution in [3.8, 4) is 22.6 Å². The molecule has 0 saturated heterocycles. The molecule has 0 heterocycles. The Morgan fingerprint density at radius 2 is 1.48 bits per heavy atom. The second-order valence-corrected chi connectivity index (χ2v) is 5.13. The van der Waals surface area contributed by atoms with E-state index in [2.05, 4.69) is 49.4 Å². The summed E-state index contributed by atoms with van der Waals surface area (Å²) in [4.78, 5) is 0. The van der Waals surface area contributed by atoms with E-state index in [1.165, 1.54) is 16.3 Å². The summed E-state index contributed by atoms with van der Waals surface area (Å²) in [5, 5.41) is 2.36. The van der Waals surface area contributed by atoms with Crippen molar-refractivity contribution in [2.24, 2.45) is 0 Å². The Bertz CT molecular complexity index is 791. The molecule has 0 aliphatic carbocycles. The van der Waals surface area contributed by atoms with Gasteiger partial charge in [0.1, 0.15) is 11.5 Å². The fraction of sp³-hybridized carbons (Fsp3) is 0.158. The molecule has 0 unspecified atom stereocenters. The molecule has 0 amide bonds. The van der Waals surface area contributed by atoms with Crippen molar-refractivity contribution in [1.82, 2.24) is 0 Å². The van der Waals surface area contributed by atoms with Gasteiger partial charge in [0.15, 0.2) is 0 Å². The van der Waals surface area contributed by atoms with E-state index in [1.54, 1.807) is 14.2 Å². The summed E-state index contributed by atoms with van der Waals surface area (Å²) >= 11 is 0. The Hall–Kier alpha value is -2.48. The van der Waals surface area contributed by atoms with Gasteiger partial charge in [-0.2, -0.15) is 0 Å². The largest absolute Gasteiger partial charge is 0.497 e. The lowest BCUT2D eigenvalue weighted by Gasteiger charge is -2.11. The van der Waals surface area contributed by atoms with Crippen LogP contribution in [-0.4, -0.2) is 14.2 Å². The van der Waals surface area contributed by atoms with Gasteiger partial charge in [-0.05, 0) is 53.1 Å². The third-order valence-corrected chi connectivity index (χ3v) is 3.72. The maximum absolute atomic E-state index is 5.51.